The van der Waals surface area contributed by atoms with Gasteiger partial charge in [-0.2, -0.15) is 0 Å². The third kappa shape index (κ3) is 3.06. The molecule has 0 N–H and O–H groups in total. The number of aryl methyl sites for hydroxylation is 2. The van der Waals surface area contributed by atoms with E-state index in [4.69, 9.17) is 9.72 Å². The Kier molecular flexibility index (Phi) is 5.48. The van der Waals surface area contributed by atoms with E-state index in [2.05, 4.69) is 25.3 Å². The first-order valence-electron chi connectivity index (χ1n) is 8.29. The largest absolute Gasteiger partial charge is 0.383 e. The molecule has 0 spiro atoms. The smallest absolute Gasteiger partial charge is 0.263 e. The maximum Gasteiger partial charge on any atom is 0.263 e. The molecule has 0 radical (unpaired) electrons. The van der Waals surface area contributed by atoms with E-state index in [1.54, 1.807) is 34.4 Å². The molecule has 0 aliphatic heterocycles. The first kappa shape index (κ1) is 17.3. The van der Waals surface area contributed by atoms with Crippen LogP contribution in [-0.2, 0) is 24.1 Å². The van der Waals surface area contributed by atoms with E-state index in [1.165, 1.54) is 4.88 Å². The molecule has 3 heterocycles. The molecule has 3 aromatic rings. The number of nitrogens with zero attached hydrogens (tertiary/aromatic N) is 2. The SMILES string of the molecule is CCCc1nc2sc(CC)c(-c3cccs3)c2c(=O)n1CCOC. The molecule has 3 rings (SSSR count). The van der Waals surface area contributed by atoms with Crippen LogP contribution in [0.5, 0.6) is 0 Å². The van der Waals surface area contributed by atoms with Crippen molar-refractivity contribution >= 4 is 32.9 Å². The summed E-state index contributed by atoms with van der Waals surface area (Å²) in [4.78, 5) is 21.4. The summed E-state index contributed by atoms with van der Waals surface area (Å²) in [6.07, 6.45) is 2.69. The van der Waals surface area contributed by atoms with Crippen LogP contribution in [-0.4, -0.2) is 23.3 Å². The number of hydrogen-bond acceptors (Lipinski definition) is 5. The van der Waals surface area contributed by atoms with E-state index in [0.29, 0.717) is 13.2 Å². The van der Waals surface area contributed by atoms with Crippen molar-refractivity contribution in [3.8, 4) is 10.4 Å². The van der Waals surface area contributed by atoms with Crippen LogP contribution in [0.2, 0.25) is 0 Å². The summed E-state index contributed by atoms with van der Waals surface area (Å²) >= 11 is 3.34. The molecule has 0 unspecified atom stereocenters. The van der Waals surface area contributed by atoms with Gasteiger partial charge in [0.05, 0.1) is 18.5 Å². The highest BCUT2D eigenvalue weighted by Gasteiger charge is 2.20. The summed E-state index contributed by atoms with van der Waals surface area (Å²) in [5, 5.41) is 2.83. The van der Waals surface area contributed by atoms with Crippen molar-refractivity contribution in [3.05, 3.63) is 38.6 Å². The summed E-state index contributed by atoms with van der Waals surface area (Å²) < 4.78 is 7.00. The van der Waals surface area contributed by atoms with E-state index >= 15 is 0 Å². The topological polar surface area (TPSA) is 44.1 Å². The Labute approximate surface area is 149 Å². The van der Waals surface area contributed by atoms with Crippen LogP contribution < -0.4 is 5.56 Å². The molecule has 0 saturated heterocycles. The predicted octanol–water partition coefficient (Wildman–Crippen LogP) is 4.35. The van der Waals surface area contributed by atoms with Crippen LogP contribution in [0.3, 0.4) is 0 Å². The molecular formula is C18H22N2O2S2. The third-order valence-electron chi connectivity index (χ3n) is 4.05. The minimum atomic E-state index is 0.0693. The molecule has 0 aliphatic rings. The van der Waals surface area contributed by atoms with Crippen LogP contribution in [0.25, 0.3) is 20.7 Å². The van der Waals surface area contributed by atoms with E-state index in [0.717, 1.165) is 45.7 Å². The Morgan fingerprint density at radius 2 is 2.17 bits per heavy atom. The zero-order valence-electron chi connectivity index (χ0n) is 14.3. The summed E-state index contributed by atoms with van der Waals surface area (Å²) in [6, 6.07) is 4.12. The van der Waals surface area contributed by atoms with Gasteiger partial charge < -0.3 is 4.74 Å². The lowest BCUT2D eigenvalue weighted by Crippen LogP contribution is -2.27. The summed E-state index contributed by atoms with van der Waals surface area (Å²) in [6.45, 7) is 5.32. The summed E-state index contributed by atoms with van der Waals surface area (Å²) in [5.74, 6) is 0.869. The summed E-state index contributed by atoms with van der Waals surface area (Å²) in [7, 11) is 1.66. The molecule has 0 aromatic carbocycles. The molecule has 128 valence electrons. The lowest BCUT2D eigenvalue weighted by atomic mass is 10.1. The molecule has 24 heavy (non-hydrogen) atoms. The van der Waals surface area contributed by atoms with Crippen molar-refractivity contribution in [2.24, 2.45) is 0 Å². The highest BCUT2D eigenvalue weighted by molar-refractivity contribution is 7.20. The Morgan fingerprint density at radius 1 is 1.33 bits per heavy atom. The minimum absolute atomic E-state index is 0.0693. The molecule has 0 atom stereocenters. The molecule has 0 aliphatic carbocycles. The molecule has 0 saturated carbocycles. The zero-order valence-corrected chi connectivity index (χ0v) is 15.9. The van der Waals surface area contributed by atoms with Gasteiger partial charge in [-0.05, 0) is 24.3 Å². The van der Waals surface area contributed by atoms with E-state index < -0.39 is 0 Å². The van der Waals surface area contributed by atoms with Crippen molar-refractivity contribution in [2.45, 2.75) is 39.7 Å². The van der Waals surface area contributed by atoms with Gasteiger partial charge in [0.1, 0.15) is 10.7 Å². The van der Waals surface area contributed by atoms with Gasteiger partial charge >= 0.3 is 0 Å². The Morgan fingerprint density at radius 3 is 2.79 bits per heavy atom. The van der Waals surface area contributed by atoms with E-state index in [9.17, 15) is 4.79 Å². The van der Waals surface area contributed by atoms with Crippen LogP contribution >= 0.6 is 22.7 Å². The van der Waals surface area contributed by atoms with Crippen molar-refractivity contribution in [2.75, 3.05) is 13.7 Å². The fourth-order valence-electron chi connectivity index (χ4n) is 2.93. The molecule has 0 amide bonds. The lowest BCUT2D eigenvalue weighted by molar-refractivity contribution is 0.185. The molecule has 6 heteroatoms. The van der Waals surface area contributed by atoms with E-state index in [-0.39, 0.29) is 5.56 Å². The molecule has 0 bridgehead atoms. The number of hydrogen-bond donors (Lipinski definition) is 0. The molecule has 4 nitrogen and oxygen atoms in total. The second-order valence-corrected chi connectivity index (χ2v) is 7.67. The van der Waals surface area contributed by atoms with Gasteiger partial charge in [0, 0.05) is 28.8 Å². The zero-order chi connectivity index (χ0) is 17.1. The third-order valence-corrected chi connectivity index (χ3v) is 6.16. The Hall–Kier alpha value is -1.50. The first-order chi connectivity index (χ1) is 11.7. The fourth-order valence-corrected chi connectivity index (χ4v) is 4.93. The highest BCUT2D eigenvalue weighted by Crippen LogP contribution is 2.38. The van der Waals surface area contributed by atoms with Crippen molar-refractivity contribution in [1.29, 1.82) is 0 Å². The average molecular weight is 363 g/mol. The normalized spacial score (nSPS) is 11.5. The monoisotopic (exact) mass is 362 g/mol. The number of ether oxygens (including phenoxy) is 1. The van der Waals surface area contributed by atoms with Gasteiger partial charge in [0.15, 0.2) is 0 Å². The number of aromatic nitrogens is 2. The second kappa shape index (κ2) is 7.59. The highest BCUT2D eigenvalue weighted by atomic mass is 32.1. The van der Waals surface area contributed by atoms with Crippen molar-refractivity contribution < 1.29 is 4.74 Å². The number of rotatable bonds is 7. The van der Waals surface area contributed by atoms with Gasteiger partial charge in [-0.1, -0.05) is 19.9 Å². The standard InChI is InChI=1S/C18H22N2O2S2/c1-4-7-14-19-17-16(18(21)20(14)9-10-22-3)15(12(5-2)24-17)13-8-6-11-23-13/h6,8,11H,4-5,7,9-10H2,1-3H3. The van der Waals surface area contributed by atoms with Crippen molar-refractivity contribution in [3.63, 3.8) is 0 Å². The van der Waals surface area contributed by atoms with Gasteiger partial charge in [0.2, 0.25) is 0 Å². The fraction of sp³-hybridized carbons (Fsp3) is 0.444. The lowest BCUT2D eigenvalue weighted by Gasteiger charge is -2.11. The molecular weight excluding hydrogens is 340 g/mol. The average Bonchev–Trinajstić information content (AvgIpc) is 3.21. The van der Waals surface area contributed by atoms with Crippen LogP contribution in [0.4, 0.5) is 0 Å². The number of methoxy groups -OCH3 is 1. The summed E-state index contributed by atoms with van der Waals surface area (Å²) in [5.41, 5.74) is 1.15. The molecule has 3 aromatic heterocycles. The van der Waals surface area contributed by atoms with Gasteiger partial charge in [-0.3, -0.25) is 9.36 Å². The number of fused-ring (bicyclic) bond motifs is 1. The van der Waals surface area contributed by atoms with Crippen LogP contribution in [0.1, 0.15) is 31.0 Å². The second-order valence-electron chi connectivity index (χ2n) is 5.64. The Bertz CT molecular complexity index is 879. The predicted molar refractivity (Wildman–Crippen MR) is 102 cm³/mol. The number of thiophene rings is 2. The van der Waals surface area contributed by atoms with Crippen LogP contribution in [0, 0.1) is 0 Å². The maximum atomic E-state index is 13.3. The van der Waals surface area contributed by atoms with Gasteiger partial charge in [-0.25, -0.2) is 4.98 Å². The van der Waals surface area contributed by atoms with Gasteiger partial charge in [0.25, 0.3) is 5.56 Å². The quantitative estimate of drug-likeness (QED) is 0.628. The maximum absolute atomic E-state index is 13.3. The Balaban J connectivity index is 2.30. The minimum Gasteiger partial charge on any atom is -0.383 e. The van der Waals surface area contributed by atoms with E-state index in [1.807, 2.05) is 6.07 Å². The van der Waals surface area contributed by atoms with Crippen LogP contribution in [0.15, 0.2) is 22.3 Å². The molecule has 0 fully saturated rings. The first-order valence-corrected chi connectivity index (χ1v) is 9.98. The van der Waals surface area contributed by atoms with Gasteiger partial charge in [-0.15, -0.1) is 22.7 Å². The van der Waals surface area contributed by atoms with Crippen molar-refractivity contribution in [1.82, 2.24) is 9.55 Å².